The largest absolute Gasteiger partial charge is 0.383 e. The number of nitrogen functional groups attached to an aromatic ring is 2. The molecule has 4 rings (SSSR count). The molecule has 0 aliphatic rings. The molecule has 0 bridgehead atoms. The highest BCUT2D eigenvalue weighted by Crippen LogP contribution is 2.34. The molecule has 16 nitrogen and oxygen atoms in total. The van der Waals surface area contributed by atoms with Crippen LogP contribution in [0.25, 0.3) is 0 Å². The third-order valence-electron chi connectivity index (χ3n) is 6.41. The van der Waals surface area contributed by atoms with Crippen molar-refractivity contribution in [3.63, 3.8) is 0 Å². The van der Waals surface area contributed by atoms with Crippen LogP contribution >= 0.6 is 0 Å². The van der Waals surface area contributed by atoms with Gasteiger partial charge in [0.1, 0.15) is 5.82 Å². The first-order chi connectivity index (χ1) is 22.1. The van der Waals surface area contributed by atoms with Gasteiger partial charge in [0, 0.05) is 43.4 Å². The van der Waals surface area contributed by atoms with E-state index in [0.29, 0.717) is 31.4 Å². The normalized spacial score (nSPS) is 11.5. The van der Waals surface area contributed by atoms with Crippen molar-refractivity contribution >= 4 is 66.4 Å². The lowest BCUT2D eigenvalue weighted by Crippen LogP contribution is -2.32. The zero-order valence-electron chi connectivity index (χ0n) is 25.7. The molecule has 18 heteroatoms. The molecule has 4 aromatic rings. The Morgan fingerprint density at radius 1 is 0.745 bits per heavy atom. The van der Waals surface area contributed by atoms with Crippen molar-refractivity contribution in [2.24, 2.45) is 0 Å². The smallest absolute Gasteiger partial charge is 0.286 e. The molecule has 0 radical (unpaired) electrons. The van der Waals surface area contributed by atoms with Crippen LogP contribution in [-0.4, -0.2) is 52.8 Å². The average molecular weight is 685 g/mol. The van der Waals surface area contributed by atoms with E-state index in [0.717, 1.165) is 14.2 Å². The highest BCUT2D eigenvalue weighted by Gasteiger charge is 2.30. The maximum absolute atomic E-state index is 13.8. The number of rotatable bonds is 12. The Morgan fingerprint density at radius 2 is 1.17 bits per heavy atom. The van der Waals surface area contributed by atoms with Crippen LogP contribution in [0.3, 0.4) is 0 Å². The first kappa shape index (κ1) is 34.6. The van der Waals surface area contributed by atoms with Crippen molar-refractivity contribution in [2.45, 2.75) is 30.1 Å². The molecule has 2 amide bonds. The fraction of sp³-hybridized carbons (Fsp3) is 0.172. The van der Waals surface area contributed by atoms with E-state index in [-0.39, 0.29) is 51.2 Å². The number of nitrogens with zero attached hydrogens (tertiary/aromatic N) is 4. The molecule has 0 unspecified atom stereocenters. The standard InChI is InChI=1S/C29H32N8O8S2/c1-18(38)33-22-5-9-26(10-6-22)46(40,41)36(44-3)24-14-20(13-21-17-32-29(31)35-28(21)30)15-25(16-24)37(45-4)47(42,43)27-11-7-23(8-12-27)34-19(2)39/h5-12,14-17H,13H2,1-4H3,(H,33,38)(H,34,39)(H4,30,31,32,35). The maximum atomic E-state index is 13.8. The van der Waals surface area contributed by atoms with Crippen LogP contribution in [0.4, 0.5) is 34.5 Å². The second-order valence-corrected chi connectivity index (χ2v) is 13.4. The van der Waals surface area contributed by atoms with Crippen molar-refractivity contribution in [1.82, 2.24) is 9.97 Å². The van der Waals surface area contributed by atoms with Crippen molar-refractivity contribution in [2.75, 3.05) is 45.3 Å². The van der Waals surface area contributed by atoms with Gasteiger partial charge in [-0.25, -0.2) is 4.98 Å². The van der Waals surface area contributed by atoms with E-state index in [1.165, 1.54) is 86.8 Å². The van der Waals surface area contributed by atoms with Gasteiger partial charge in [-0.3, -0.25) is 19.3 Å². The van der Waals surface area contributed by atoms with Crippen molar-refractivity contribution in [3.8, 4) is 0 Å². The molecule has 0 aliphatic heterocycles. The number of nitrogens with two attached hydrogens (primary N) is 2. The van der Waals surface area contributed by atoms with Gasteiger partial charge in [0.15, 0.2) is 0 Å². The van der Waals surface area contributed by atoms with Gasteiger partial charge >= 0.3 is 0 Å². The third kappa shape index (κ3) is 7.93. The Hall–Kier alpha value is -5.30. The maximum Gasteiger partial charge on any atom is 0.286 e. The van der Waals surface area contributed by atoms with E-state index in [1.54, 1.807) is 0 Å². The summed E-state index contributed by atoms with van der Waals surface area (Å²) >= 11 is 0. The number of aromatic nitrogens is 2. The van der Waals surface area contributed by atoms with E-state index in [4.69, 9.17) is 21.1 Å². The van der Waals surface area contributed by atoms with Crippen LogP contribution < -0.4 is 31.0 Å². The van der Waals surface area contributed by atoms with Gasteiger partial charge in [-0.1, -0.05) is 0 Å². The Balaban J connectivity index is 1.84. The van der Waals surface area contributed by atoms with Crippen LogP contribution in [0.2, 0.25) is 0 Å². The lowest BCUT2D eigenvalue weighted by atomic mass is 10.1. The van der Waals surface area contributed by atoms with Gasteiger partial charge < -0.3 is 22.1 Å². The number of sulfonamides is 2. The van der Waals surface area contributed by atoms with Gasteiger partial charge in [-0.2, -0.15) is 21.8 Å². The van der Waals surface area contributed by atoms with Crippen LogP contribution in [0.15, 0.2) is 82.7 Å². The summed E-state index contributed by atoms with van der Waals surface area (Å²) < 4.78 is 56.4. The van der Waals surface area contributed by atoms with Gasteiger partial charge in [0.2, 0.25) is 17.8 Å². The molecule has 6 N–H and O–H groups in total. The van der Waals surface area contributed by atoms with E-state index in [1.807, 2.05) is 0 Å². The highest BCUT2D eigenvalue weighted by molar-refractivity contribution is 7.93. The number of carbonyl (C=O) groups excluding carboxylic acids is 2. The van der Waals surface area contributed by atoms with E-state index in [9.17, 15) is 26.4 Å². The molecule has 0 saturated carbocycles. The van der Waals surface area contributed by atoms with Gasteiger partial charge in [0.25, 0.3) is 20.0 Å². The SMILES string of the molecule is CON(c1cc(Cc2cnc(N)nc2N)cc(N(OC)S(=O)(=O)c2ccc(NC(C)=O)cc2)c1)S(=O)(=O)c1ccc(NC(C)=O)cc1. The molecule has 1 heterocycles. The van der Waals surface area contributed by atoms with Crippen molar-refractivity contribution in [1.29, 1.82) is 0 Å². The van der Waals surface area contributed by atoms with Crippen molar-refractivity contribution in [3.05, 3.63) is 84.1 Å². The number of hydrogen-bond acceptors (Lipinski definition) is 12. The highest BCUT2D eigenvalue weighted by atomic mass is 32.2. The number of benzene rings is 3. The predicted molar refractivity (Wildman–Crippen MR) is 175 cm³/mol. The zero-order valence-corrected chi connectivity index (χ0v) is 27.3. The Labute approximate surface area is 271 Å². The second kappa shape index (κ2) is 14.0. The average Bonchev–Trinajstić information content (AvgIpc) is 2.99. The van der Waals surface area contributed by atoms with Crippen LogP contribution in [-0.2, 0) is 45.7 Å². The predicted octanol–water partition coefficient (Wildman–Crippen LogP) is 2.66. The summed E-state index contributed by atoms with van der Waals surface area (Å²) in [6.07, 6.45) is 1.42. The molecule has 0 fully saturated rings. The monoisotopic (exact) mass is 684 g/mol. The van der Waals surface area contributed by atoms with Gasteiger partial charge in [-0.15, -0.1) is 8.94 Å². The summed E-state index contributed by atoms with van der Waals surface area (Å²) in [4.78, 5) is 41.1. The molecule has 0 saturated heterocycles. The van der Waals surface area contributed by atoms with Crippen molar-refractivity contribution < 1.29 is 36.1 Å². The molecule has 1 aromatic heterocycles. The molecular weight excluding hydrogens is 653 g/mol. The lowest BCUT2D eigenvalue weighted by Gasteiger charge is -2.26. The Bertz CT molecular complexity index is 1890. The number of amides is 2. The Morgan fingerprint density at radius 3 is 1.53 bits per heavy atom. The van der Waals surface area contributed by atoms with E-state index in [2.05, 4.69) is 20.6 Å². The summed E-state index contributed by atoms with van der Waals surface area (Å²) in [5.41, 5.74) is 13.0. The number of anilines is 6. The summed E-state index contributed by atoms with van der Waals surface area (Å²) in [7, 11) is -6.57. The van der Waals surface area contributed by atoms with Gasteiger partial charge in [-0.05, 0) is 72.3 Å². The summed E-state index contributed by atoms with van der Waals surface area (Å²) in [5, 5.41) is 5.12. The fourth-order valence-corrected chi connectivity index (χ4v) is 6.96. The van der Waals surface area contributed by atoms with Crippen LogP contribution in [0.1, 0.15) is 25.0 Å². The summed E-state index contributed by atoms with van der Waals surface area (Å²) in [6, 6.07) is 14.9. The molecule has 248 valence electrons. The molecule has 3 aromatic carbocycles. The molecule has 0 spiro atoms. The number of carbonyl (C=O) groups is 2. The quantitative estimate of drug-likeness (QED) is 0.158. The van der Waals surface area contributed by atoms with Crippen LogP contribution in [0, 0.1) is 0 Å². The number of hydrogen-bond donors (Lipinski definition) is 4. The minimum Gasteiger partial charge on any atom is -0.383 e. The fourth-order valence-electron chi connectivity index (χ4n) is 4.46. The number of nitrogens with one attached hydrogen (secondary N) is 2. The summed E-state index contributed by atoms with van der Waals surface area (Å²) in [5.74, 6) is -0.660. The summed E-state index contributed by atoms with van der Waals surface area (Å²) in [6.45, 7) is 2.63. The van der Waals surface area contributed by atoms with Crippen LogP contribution in [0.5, 0.6) is 0 Å². The molecule has 0 atom stereocenters. The molecule has 0 aliphatic carbocycles. The van der Waals surface area contributed by atoms with Gasteiger partial charge in [0.05, 0.1) is 35.4 Å². The minimum absolute atomic E-state index is 0.0268. The van der Waals surface area contributed by atoms with E-state index < -0.39 is 20.0 Å². The minimum atomic E-state index is -4.42. The topological polar surface area (TPSA) is 229 Å². The Kier molecular flexibility index (Phi) is 10.3. The third-order valence-corrected chi connectivity index (χ3v) is 9.74. The molecule has 47 heavy (non-hydrogen) atoms. The first-order valence-electron chi connectivity index (χ1n) is 13.6. The second-order valence-electron chi connectivity index (χ2n) is 9.91. The van der Waals surface area contributed by atoms with E-state index >= 15 is 0 Å². The lowest BCUT2D eigenvalue weighted by molar-refractivity contribution is -0.115. The molecular formula is C29H32N8O8S2. The first-order valence-corrected chi connectivity index (χ1v) is 16.5. The zero-order chi connectivity index (χ0) is 34.5.